The fourth-order valence-corrected chi connectivity index (χ4v) is 5.41. The van der Waals surface area contributed by atoms with Gasteiger partial charge in [-0.2, -0.15) is 0 Å². The molecule has 0 radical (unpaired) electrons. The third-order valence-electron chi connectivity index (χ3n) is 6.97. The van der Waals surface area contributed by atoms with E-state index in [1.54, 1.807) is 12.1 Å². The molecule has 0 unspecified atom stereocenters. The molecule has 38 heavy (non-hydrogen) atoms. The second kappa shape index (κ2) is 8.30. The zero-order chi connectivity index (χ0) is 38.1. The summed E-state index contributed by atoms with van der Waals surface area (Å²) < 4.78 is 134. The molecule has 8 aromatic carbocycles. The van der Waals surface area contributed by atoms with E-state index in [0.717, 1.165) is 16.2 Å². The molecule has 176 valence electrons. The third-order valence-corrected chi connectivity index (χ3v) is 6.97. The molecular weight excluding hydrogens is 456 g/mol. The lowest BCUT2D eigenvalue weighted by Crippen LogP contribution is -1.92. The minimum Gasteiger partial charge on any atom is -0.0616 e. The minimum absolute atomic E-state index is 0.0700. The van der Waals surface area contributed by atoms with Crippen molar-refractivity contribution in [1.82, 2.24) is 0 Å². The lowest BCUT2D eigenvalue weighted by Gasteiger charge is -2.20. The molecule has 0 nitrogen and oxygen atoms in total. The molecule has 8 aromatic rings. The summed E-state index contributed by atoms with van der Waals surface area (Å²) in [5.41, 5.74) is -0.290. The first-order valence-corrected chi connectivity index (χ1v) is 12.0. The zero-order valence-corrected chi connectivity index (χ0v) is 19.7. The first-order chi connectivity index (χ1) is 25.1. The largest absolute Gasteiger partial charge is 0.0629 e. The second-order valence-electron chi connectivity index (χ2n) is 8.94. The Hall–Kier alpha value is -4.94. The van der Waals surface area contributed by atoms with Gasteiger partial charge in [0.1, 0.15) is 0 Å². The maximum absolute atomic E-state index is 9.35. The SMILES string of the molecule is [2H]c1c([2H])c([2H])c2c(-c3c4c([2H])c([2H])c([2H])c([2H])c4c(-c4cc5ccccc5c5ccccc45)c4c([2H])c([2H])c([2H])c([2H])c34)c([2H])c([2H])c([2H])c2c1[2H]. The molecule has 0 fully saturated rings. The molecule has 8 rings (SSSR count). The van der Waals surface area contributed by atoms with Crippen molar-refractivity contribution in [2.45, 2.75) is 0 Å². The molecular formula is C38H24. The summed E-state index contributed by atoms with van der Waals surface area (Å²) >= 11 is 0. The summed E-state index contributed by atoms with van der Waals surface area (Å²) in [5.74, 6) is 0. The Balaban J connectivity index is 1.80. The molecule has 0 N–H and O–H groups in total. The van der Waals surface area contributed by atoms with Crippen LogP contribution in [0.5, 0.6) is 0 Å². The molecule has 0 amide bonds. The van der Waals surface area contributed by atoms with E-state index < -0.39 is 107 Å². The molecule has 0 spiro atoms. The average Bonchev–Trinajstić information content (AvgIpc) is 3.16. The number of benzene rings is 8. The fraction of sp³-hybridized carbons (Fsp3) is 0. The van der Waals surface area contributed by atoms with E-state index in [9.17, 15) is 6.85 Å². The summed E-state index contributed by atoms with van der Waals surface area (Å²) in [6.07, 6.45) is 0. The van der Waals surface area contributed by atoms with Crippen LogP contribution >= 0.6 is 0 Å². The highest BCUT2D eigenvalue weighted by Gasteiger charge is 2.19. The lowest BCUT2D eigenvalue weighted by atomic mass is 9.83. The maximum Gasteiger partial charge on any atom is 0.0629 e. The molecule has 0 saturated heterocycles. The summed E-state index contributed by atoms with van der Waals surface area (Å²) in [6.45, 7) is 0. The molecule has 0 aliphatic rings. The van der Waals surface area contributed by atoms with Gasteiger partial charge in [0.05, 0.1) is 20.6 Å². The number of rotatable bonds is 2. The Morgan fingerprint density at radius 2 is 0.842 bits per heavy atom. The van der Waals surface area contributed by atoms with Crippen LogP contribution in [0.4, 0.5) is 0 Å². The first kappa shape index (κ1) is 11.2. The van der Waals surface area contributed by atoms with Gasteiger partial charge in [-0.1, -0.05) is 139 Å². The van der Waals surface area contributed by atoms with Gasteiger partial charge in [-0.15, -0.1) is 0 Å². The van der Waals surface area contributed by atoms with Crippen LogP contribution in [0.3, 0.4) is 0 Å². The number of hydrogen-bond donors (Lipinski definition) is 0. The number of fused-ring (bicyclic) bond motifs is 6. The molecule has 0 aliphatic carbocycles. The summed E-state index contributed by atoms with van der Waals surface area (Å²) in [7, 11) is 0. The molecule has 0 bridgehead atoms. The van der Waals surface area contributed by atoms with Gasteiger partial charge in [-0.25, -0.2) is 0 Å². The van der Waals surface area contributed by atoms with Crippen LogP contribution in [0.1, 0.15) is 20.6 Å². The molecule has 0 atom stereocenters. The number of hydrogen-bond acceptors (Lipinski definition) is 0. The lowest BCUT2D eigenvalue weighted by molar-refractivity contribution is 1.69. The Labute approximate surface area is 242 Å². The normalized spacial score (nSPS) is 17.2. The molecule has 0 heteroatoms. The van der Waals surface area contributed by atoms with E-state index in [-0.39, 0.29) is 32.7 Å². The van der Waals surface area contributed by atoms with Crippen molar-refractivity contribution in [2.24, 2.45) is 0 Å². The van der Waals surface area contributed by atoms with E-state index in [4.69, 9.17) is 13.7 Å². The van der Waals surface area contributed by atoms with Crippen molar-refractivity contribution in [2.75, 3.05) is 0 Å². The summed E-state index contributed by atoms with van der Waals surface area (Å²) in [6, 6.07) is 6.66. The van der Waals surface area contributed by atoms with E-state index in [2.05, 4.69) is 0 Å². The average molecular weight is 496 g/mol. The Bertz CT molecular complexity index is 2920. The molecule has 0 heterocycles. The van der Waals surface area contributed by atoms with Gasteiger partial charge in [0.2, 0.25) is 0 Å². The quantitative estimate of drug-likeness (QED) is 0.165. The molecule has 0 aromatic heterocycles. The Morgan fingerprint density at radius 1 is 0.342 bits per heavy atom. The third kappa shape index (κ3) is 3.04. The highest BCUT2D eigenvalue weighted by molar-refractivity contribution is 6.26. The molecule has 0 saturated carbocycles. The van der Waals surface area contributed by atoms with Crippen LogP contribution in [0.15, 0.2) is 145 Å². The van der Waals surface area contributed by atoms with Crippen LogP contribution in [-0.4, -0.2) is 0 Å². The standard InChI is InChI=1S/C38H24/c1-3-15-27-25(12-1)14-11-23-31(27)37-32-19-7-9-21-34(32)38(35-22-10-8-20-33(35)37)36-24-26-13-2-4-16-28(26)29-17-5-6-18-30(29)36/h1-24H/i1D,3D,7D,8D,9D,10D,11D,12D,14D,15D,19D,20D,21D,22D,23D. The minimum atomic E-state index is -0.745. The maximum atomic E-state index is 9.35. The van der Waals surface area contributed by atoms with Crippen LogP contribution in [0.25, 0.3) is 76.1 Å². The van der Waals surface area contributed by atoms with Crippen LogP contribution in [0, 0.1) is 0 Å². The van der Waals surface area contributed by atoms with Crippen LogP contribution in [0.2, 0.25) is 0 Å². The van der Waals surface area contributed by atoms with E-state index in [1.807, 2.05) is 42.5 Å². The summed E-state index contributed by atoms with van der Waals surface area (Å²) in [4.78, 5) is 0. The first-order valence-electron chi connectivity index (χ1n) is 19.5. The Kier molecular flexibility index (Phi) is 2.45. The summed E-state index contributed by atoms with van der Waals surface area (Å²) in [5, 5.41) is 1.33. The van der Waals surface area contributed by atoms with Crippen LogP contribution in [-0.2, 0) is 0 Å². The molecule has 0 aliphatic heterocycles. The highest BCUT2D eigenvalue weighted by Crippen LogP contribution is 2.47. The van der Waals surface area contributed by atoms with Crippen molar-refractivity contribution in [3.63, 3.8) is 0 Å². The van der Waals surface area contributed by atoms with E-state index in [1.165, 1.54) is 0 Å². The van der Waals surface area contributed by atoms with Crippen molar-refractivity contribution >= 4 is 53.9 Å². The topological polar surface area (TPSA) is 0 Å². The fourth-order valence-electron chi connectivity index (χ4n) is 5.41. The smallest absolute Gasteiger partial charge is 0.0616 e. The monoisotopic (exact) mass is 495 g/mol. The van der Waals surface area contributed by atoms with Gasteiger partial charge in [0.15, 0.2) is 0 Å². The second-order valence-corrected chi connectivity index (χ2v) is 8.94. The van der Waals surface area contributed by atoms with Gasteiger partial charge < -0.3 is 0 Å². The highest BCUT2D eigenvalue weighted by atomic mass is 14.2. The van der Waals surface area contributed by atoms with Gasteiger partial charge in [0.25, 0.3) is 0 Å². The van der Waals surface area contributed by atoms with E-state index in [0.29, 0.717) is 10.9 Å². The van der Waals surface area contributed by atoms with Crippen molar-refractivity contribution in [3.05, 3.63) is 145 Å². The van der Waals surface area contributed by atoms with Crippen LogP contribution < -0.4 is 0 Å². The van der Waals surface area contributed by atoms with Gasteiger partial charge >= 0.3 is 0 Å². The predicted molar refractivity (Wildman–Crippen MR) is 165 cm³/mol. The zero-order valence-electron chi connectivity index (χ0n) is 34.7. The van der Waals surface area contributed by atoms with Gasteiger partial charge in [-0.3, -0.25) is 0 Å². The van der Waals surface area contributed by atoms with Gasteiger partial charge in [0, 0.05) is 0 Å². The van der Waals surface area contributed by atoms with Crippen molar-refractivity contribution < 1.29 is 20.6 Å². The van der Waals surface area contributed by atoms with E-state index >= 15 is 0 Å². The van der Waals surface area contributed by atoms with Gasteiger partial charge in [-0.05, 0) is 82.2 Å². The Morgan fingerprint density at radius 3 is 1.53 bits per heavy atom. The van der Waals surface area contributed by atoms with Crippen molar-refractivity contribution in [1.29, 1.82) is 0 Å². The van der Waals surface area contributed by atoms with Crippen molar-refractivity contribution in [3.8, 4) is 22.3 Å². The predicted octanol–water partition coefficient (Wildman–Crippen LogP) is 10.8.